The van der Waals surface area contributed by atoms with Crippen LogP contribution in [0.15, 0.2) is 60.9 Å². The highest BCUT2D eigenvalue weighted by molar-refractivity contribution is 6.16. The summed E-state index contributed by atoms with van der Waals surface area (Å²) < 4.78 is 5.82. The van der Waals surface area contributed by atoms with Crippen LogP contribution in [0.5, 0.6) is 11.5 Å². The zero-order chi connectivity index (χ0) is 24.3. The molecule has 1 amide bonds. The number of carbonyl (C=O) groups excluding carboxylic acids is 1. The normalized spacial score (nSPS) is 15.0. The first-order chi connectivity index (χ1) is 16.5. The van der Waals surface area contributed by atoms with Gasteiger partial charge >= 0.3 is 0 Å². The summed E-state index contributed by atoms with van der Waals surface area (Å²) >= 11 is 0. The van der Waals surface area contributed by atoms with Crippen molar-refractivity contribution in [2.24, 2.45) is 5.73 Å². The van der Waals surface area contributed by atoms with E-state index < -0.39 is 0 Å². The first-order valence-electron chi connectivity index (χ1n) is 11.2. The summed E-state index contributed by atoms with van der Waals surface area (Å²) in [5.74, 6) is 2.15. The highest BCUT2D eigenvalue weighted by Crippen LogP contribution is 2.26. The van der Waals surface area contributed by atoms with Gasteiger partial charge in [0.1, 0.15) is 29.5 Å². The van der Waals surface area contributed by atoms with Gasteiger partial charge < -0.3 is 26.4 Å². The maximum absolute atomic E-state index is 11.1. The molecule has 2 heterocycles. The largest absolute Gasteiger partial charge is 0.457 e. The second-order valence-corrected chi connectivity index (χ2v) is 7.79. The van der Waals surface area contributed by atoms with Gasteiger partial charge in [0.2, 0.25) is 6.41 Å². The van der Waals surface area contributed by atoms with Gasteiger partial charge in [-0.1, -0.05) is 25.1 Å². The maximum atomic E-state index is 11.1. The fraction of sp³-hybridized carbons (Fsp3) is 0.280. The van der Waals surface area contributed by atoms with Crippen molar-refractivity contribution in [1.82, 2.24) is 14.9 Å². The summed E-state index contributed by atoms with van der Waals surface area (Å²) in [7, 11) is 0. The molecule has 4 rings (SSSR count). The number of nitrogens with two attached hydrogens (primary N) is 2. The lowest BCUT2D eigenvalue weighted by molar-refractivity contribution is -0.119. The number of nitrogens with zero attached hydrogens (tertiary/aromatic N) is 3. The van der Waals surface area contributed by atoms with Gasteiger partial charge in [-0.15, -0.1) is 0 Å². The standard InChI is InChI=1S/C23H24N6O2.C2H7N/c24-21(16-8-10-19(11-9-16)31-18-6-2-1-3-7-18)20-22(25)26-14-27-23(20)28-17-5-4-12-29(13-17)15-30;1-2-3/h1-3,6-11,14-15,17,24H,4-5,12-13H2,(H3,25,26,27,28);2-3H2,1H3. The second-order valence-electron chi connectivity index (χ2n) is 7.79. The van der Waals surface area contributed by atoms with Gasteiger partial charge in [-0.3, -0.25) is 10.2 Å². The monoisotopic (exact) mass is 461 g/mol. The number of nitrogens with one attached hydrogen (secondary N) is 2. The van der Waals surface area contributed by atoms with E-state index in [9.17, 15) is 4.79 Å². The summed E-state index contributed by atoms with van der Waals surface area (Å²) in [5.41, 5.74) is 12.3. The Bertz CT molecular complexity index is 1070. The third kappa shape index (κ3) is 6.52. The summed E-state index contributed by atoms with van der Waals surface area (Å²) in [5, 5.41) is 12.1. The molecule has 0 spiro atoms. The quantitative estimate of drug-likeness (QED) is 0.312. The molecule has 34 heavy (non-hydrogen) atoms. The van der Waals surface area contributed by atoms with Gasteiger partial charge in [0.05, 0.1) is 11.3 Å². The number of carbonyl (C=O) groups is 1. The van der Waals surface area contributed by atoms with Gasteiger partial charge in [0, 0.05) is 24.7 Å². The summed E-state index contributed by atoms with van der Waals surface area (Å²) in [6.07, 6.45) is 4.06. The molecule has 9 nitrogen and oxygen atoms in total. The first-order valence-corrected chi connectivity index (χ1v) is 11.2. The Morgan fingerprint density at radius 3 is 2.53 bits per heavy atom. The molecule has 1 atom stereocenters. The van der Waals surface area contributed by atoms with E-state index in [0.717, 1.165) is 38.1 Å². The maximum Gasteiger partial charge on any atom is 0.209 e. The average molecular weight is 462 g/mol. The van der Waals surface area contributed by atoms with Crippen LogP contribution in [0.1, 0.15) is 30.9 Å². The van der Waals surface area contributed by atoms with Gasteiger partial charge in [0.15, 0.2) is 0 Å². The second kappa shape index (κ2) is 12.3. The molecule has 1 aliphatic heterocycles. The van der Waals surface area contributed by atoms with E-state index in [2.05, 4.69) is 15.3 Å². The van der Waals surface area contributed by atoms with Crippen molar-refractivity contribution in [3.05, 3.63) is 72.1 Å². The number of aromatic nitrogens is 2. The predicted molar refractivity (Wildman–Crippen MR) is 134 cm³/mol. The number of nitrogen functional groups attached to an aromatic ring is 1. The highest BCUT2D eigenvalue weighted by atomic mass is 16.5. The summed E-state index contributed by atoms with van der Waals surface area (Å²) in [6, 6.07) is 16.8. The van der Waals surface area contributed by atoms with E-state index >= 15 is 0 Å². The molecule has 178 valence electrons. The Kier molecular flexibility index (Phi) is 8.93. The molecule has 1 saturated heterocycles. The third-order valence-corrected chi connectivity index (χ3v) is 5.19. The van der Waals surface area contributed by atoms with Crippen molar-refractivity contribution in [2.45, 2.75) is 25.8 Å². The van der Waals surface area contributed by atoms with E-state index in [1.807, 2.05) is 61.5 Å². The molecular weight excluding hydrogens is 430 g/mol. The van der Waals surface area contributed by atoms with E-state index in [-0.39, 0.29) is 17.6 Å². The topological polar surface area (TPSA) is 143 Å². The van der Waals surface area contributed by atoms with E-state index in [0.29, 0.717) is 29.2 Å². The van der Waals surface area contributed by atoms with Gasteiger partial charge in [-0.05, 0) is 55.8 Å². The van der Waals surface area contributed by atoms with Crippen LogP contribution in [0.25, 0.3) is 0 Å². The van der Waals surface area contributed by atoms with Crippen LogP contribution < -0.4 is 21.5 Å². The summed E-state index contributed by atoms with van der Waals surface area (Å²) in [6.45, 7) is 4.00. The lowest BCUT2D eigenvalue weighted by Crippen LogP contribution is -2.41. The molecule has 9 heteroatoms. The Labute approximate surface area is 199 Å². The number of anilines is 2. The Hall–Kier alpha value is -3.98. The van der Waals surface area contributed by atoms with Crippen molar-refractivity contribution in [3.8, 4) is 11.5 Å². The molecule has 0 aliphatic carbocycles. The minimum Gasteiger partial charge on any atom is -0.457 e. The summed E-state index contributed by atoms with van der Waals surface area (Å²) in [4.78, 5) is 21.3. The van der Waals surface area contributed by atoms with Gasteiger partial charge in [-0.25, -0.2) is 9.97 Å². The average Bonchev–Trinajstić information content (AvgIpc) is 2.85. The van der Waals surface area contributed by atoms with Crippen LogP contribution in [-0.4, -0.2) is 52.7 Å². The Morgan fingerprint density at radius 2 is 1.85 bits per heavy atom. The number of likely N-dealkylation sites (tertiary alicyclic amines) is 1. The lowest BCUT2D eigenvalue weighted by atomic mass is 10.0. The van der Waals surface area contributed by atoms with Crippen LogP contribution in [0.3, 0.4) is 0 Å². The Balaban J connectivity index is 0.00000103. The molecule has 1 fully saturated rings. The zero-order valence-corrected chi connectivity index (χ0v) is 19.3. The molecule has 0 bridgehead atoms. The first kappa shape index (κ1) is 24.7. The third-order valence-electron chi connectivity index (χ3n) is 5.19. The molecule has 2 aromatic carbocycles. The number of hydrogen-bond donors (Lipinski definition) is 4. The fourth-order valence-corrected chi connectivity index (χ4v) is 3.63. The SMILES string of the molecule is CCN.N=C(c1ccc(Oc2ccccc2)cc1)c1c(N)ncnc1NC1CCCN(C=O)C1. The van der Waals surface area contributed by atoms with E-state index in [4.69, 9.17) is 21.6 Å². The number of benzene rings is 2. The number of rotatable bonds is 7. The molecular formula is C25H31N7O2. The molecule has 1 aliphatic rings. The van der Waals surface area contributed by atoms with Crippen molar-refractivity contribution < 1.29 is 9.53 Å². The van der Waals surface area contributed by atoms with Crippen LogP contribution in [0.4, 0.5) is 11.6 Å². The van der Waals surface area contributed by atoms with Crippen LogP contribution >= 0.6 is 0 Å². The van der Waals surface area contributed by atoms with Crippen LogP contribution in [0.2, 0.25) is 0 Å². The number of para-hydroxylation sites is 1. The van der Waals surface area contributed by atoms with Gasteiger partial charge in [-0.2, -0.15) is 0 Å². The Morgan fingerprint density at radius 1 is 1.18 bits per heavy atom. The van der Waals surface area contributed by atoms with Crippen molar-refractivity contribution in [3.63, 3.8) is 0 Å². The van der Waals surface area contributed by atoms with Crippen molar-refractivity contribution >= 4 is 23.8 Å². The van der Waals surface area contributed by atoms with Crippen LogP contribution in [0, 0.1) is 5.41 Å². The van der Waals surface area contributed by atoms with Crippen LogP contribution in [-0.2, 0) is 4.79 Å². The molecule has 3 aromatic rings. The highest BCUT2D eigenvalue weighted by Gasteiger charge is 2.22. The lowest BCUT2D eigenvalue weighted by Gasteiger charge is -2.31. The zero-order valence-electron chi connectivity index (χ0n) is 19.3. The smallest absolute Gasteiger partial charge is 0.209 e. The predicted octanol–water partition coefficient (Wildman–Crippen LogP) is 3.26. The van der Waals surface area contributed by atoms with E-state index in [1.54, 1.807) is 4.90 Å². The molecule has 6 N–H and O–H groups in total. The minimum atomic E-state index is 0.0430. The molecule has 0 saturated carbocycles. The number of hydrogen-bond acceptors (Lipinski definition) is 8. The molecule has 0 radical (unpaired) electrons. The van der Waals surface area contributed by atoms with Crippen molar-refractivity contribution in [2.75, 3.05) is 30.7 Å². The van der Waals surface area contributed by atoms with Gasteiger partial charge in [0.25, 0.3) is 0 Å². The number of piperidine rings is 1. The van der Waals surface area contributed by atoms with E-state index in [1.165, 1.54) is 6.33 Å². The van der Waals surface area contributed by atoms with Crippen molar-refractivity contribution in [1.29, 1.82) is 5.41 Å². The molecule has 1 unspecified atom stereocenters. The molecule has 1 aromatic heterocycles. The fourth-order valence-electron chi connectivity index (χ4n) is 3.63. The number of ether oxygens (including phenoxy) is 1. The number of amides is 1. The minimum absolute atomic E-state index is 0.0430.